The Morgan fingerprint density at radius 1 is 1.16 bits per heavy atom. The fourth-order valence-electron chi connectivity index (χ4n) is 2.77. The van der Waals surface area contributed by atoms with Crippen molar-refractivity contribution in [1.82, 2.24) is 0 Å². The lowest BCUT2D eigenvalue weighted by molar-refractivity contribution is 0.242. The van der Waals surface area contributed by atoms with E-state index >= 15 is 0 Å². The van der Waals surface area contributed by atoms with Crippen LogP contribution in [0, 0.1) is 12.8 Å². The summed E-state index contributed by atoms with van der Waals surface area (Å²) in [7, 11) is 0. The van der Waals surface area contributed by atoms with Crippen LogP contribution in [-0.4, -0.2) is 12.1 Å². The summed E-state index contributed by atoms with van der Waals surface area (Å²) in [5.74, 6) is 1.87. The van der Waals surface area contributed by atoms with Gasteiger partial charge in [-0.25, -0.2) is 0 Å². The number of rotatable bonds is 4. The summed E-state index contributed by atoms with van der Waals surface area (Å²) in [6.45, 7) is 8.63. The van der Waals surface area contributed by atoms with Gasteiger partial charge in [-0.1, -0.05) is 6.92 Å². The van der Waals surface area contributed by atoms with Crippen molar-refractivity contribution in [2.75, 3.05) is 5.32 Å². The van der Waals surface area contributed by atoms with E-state index < -0.39 is 0 Å². The Balaban J connectivity index is 1.97. The number of benzene rings is 1. The van der Waals surface area contributed by atoms with Gasteiger partial charge in [-0.2, -0.15) is 0 Å². The van der Waals surface area contributed by atoms with E-state index in [-0.39, 0.29) is 6.10 Å². The van der Waals surface area contributed by atoms with E-state index in [1.54, 1.807) is 0 Å². The molecule has 1 N–H and O–H groups in total. The van der Waals surface area contributed by atoms with Gasteiger partial charge in [0.15, 0.2) is 0 Å². The molecule has 0 radical (unpaired) electrons. The van der Waals surface area contributed by atoms with Crippen LogP contribution in [0.15, 0.2) is 18.2 Å². The maximum absolute atomic E-state index is 5.73. The first kappa shape index (κ1) is 14.2. The van der Waals surface area contributed by atoms with Gasteiger partial charge in [0.05, 0.1) is 6.10 Å². The molecule has 106 valence electrons. The Morgan fingerprint density at radius 3 is 2.42 bits per heavy atom. The molecule has 2 heteroatoms. The Bertz CT molecular complexity index is 406. The van der Waals surface area contributed by atoms with Crippen molar-refractivity contribution in [2.45, 2.75) is 65.5 Å². The number of aryl methyl sites for hydroxylation is 1. The molecule has 0 heterocycles. The molecule has 2 nitrogen and oxygen atoms in total. The highest BCUT2D eigenvalue weighted by Crippen LogP contribution is 2.28. The van der Waals surface area contributed by atoms with Crippen LogP contribution in [0.4, 0.5) is 5.69 Å². The van der Waals surface area contributed by atoms with E-state index in [4.69, 9.17) is 4.74 Å². The maximum Gasteiger partial charge on any atom is 0.120 e. The molecule has 0 amide bonds. The van der Waals surface area contributed by atoms with Gasteiger partial charge in [-0.15, -0.1) is 0 Å². The van der Waals surface area contributed by atoms with Crippen molar-refractivity contribution in [3.63, 3.8) is 0 Å². The summed E-state index contributed by atoms with van der Waals surface area (Å²) in [6, 6.07) is 7.01. The minimum Gasteiger partial charge on any atom is -0.491 e. The summed E-state index contributed by atoms with van der Waals surface area (Å²) < 4.78 is 5.73. The molecule has 0 bridgehead atoms. The molecule has 19 heavy (non-hydrogen) atoms. The first-order valence-corrected chi connectivity index (χ1v) is 7.58. The molecule has 0 unspecified atom stereocenters. The lowest BCUT2D eigenvalue weighted by atomic mass is 9.87. The van der Waals surface area contributed by atoms with E-state index in [0.717, 1.165) is 11.7 Å². The van der Waals surface area contributed by atoms with E-state index in [1.807, 2.05) is 0 Å². The van der Waals surface area contributed by atoms with Gasteiger partial charge in [0.2, 0.25) is 0 Å². The largest absolute Gasteiger partial charge is 0.491 e. The van der Waals surface area contributed by atoms with Crippen molar-refractivity contribution in [2.24, 2.45) is 5.92 Å². The molecule has 1 aromatic rings. The molecule has 0 saturated heterocycles. The summed E-state index contributed by atoms with van der Waals surface area (Å²) in [6.07, 6.45) is 5.53. The highest BCUT2D eigenvalue weighted by Gasteiger charge is 2.18. The smallest absolute Gasteiger partial charge is 0.120 e. The zero-order valence-corrected chi connectivity index (χ0v) is 12.7. The van der Waals surface area contributed by atoms with Crippen LogP contribution in [-0.2, 0) is 0 Å². The van der Waals surface area contributed by atoms with Crippen molar-refractivity contribution in [3.8, 4) is 5.75 Å². The van der Waals surface area contributed by atoms with Crippen LogP contribution in [0.5, 0.6) is 5.75 Å². The van der Waals surface area contributed by atoms with Crippen LogP contribution < -0.4 is 10.1 Å². The third kappa shape index (κ3) is 4.15. The number of anilines is 1. The predicted octanol–water partition coefficient (Wildman–Crippen LogP) is 4.77. The monoisotopic (exact) mass is 261 g/mol. The standard InChI is InChI=1S/C17H27NO/c1-12(2)19-16-9-10-17(14(4)11-16)18-15-7-5-13(3)6-8-15/h9-13,15,18H,5-8H2,1-4H3. The molecule has 1 aromatic carbocycles. The lowest BCUT2D eigenvalue weighted by Gasteiger charge is -2.28. The predicted molar refractivity (Wildman–Crippen MR) is 82.0 cm³/mol. The van der Waals surface area contributed by atoms with Crippen molar-refractivity contribution in [1.29, 1.82) is 0 Å². The minimum absolute atomic E-state index is 0.234. The Kier molecular flexibility index (Phi) is 4.73. The van der Waals surface area contributed by atoms with E-state index in [2.05, 4.69) is 51.2 Å². The van der Waals surface area contributed by atoms with Gasteiger partial charge in [0.1, 0.15) is 5.75 Å². The molecule has 0 aromatic heterocycles. The quantitative estimate of drug-likeness (QED) is 0.842. The number of hydrogen-bond acceptors (Lipinski definition) is 2. The van der Waals surface area contributed by atoms with Gasteiger partial charge in [-0.05, 0) is 76.1 Å². The van der Waals surface area contributed by atoms with Gasteiger partial charge in [-0.3, -0.25) is 0 Å². The first-order chi connectivity index (χ1) is 9.04. The second kappa shape index (κ2) is 6.31. The molecular weight excluding hydrogens is 234 g/mol. The zero-order chi connectivity index (χ0) is 13.8. The Hall–Kier alpha value is -1.18. The van der Waals surface area contributed by atoms with E-state index in [9.17, 15) is 0 Å². The molecule has 2 rings (SSSR count). The highest BCUT2D eigenvalue weighted by atomic mass is 16.5. The highest BCUT2D eigenvalue weighted by molar-refractivity contribution is 5.54. The van der Waals surface area contributed by atoms with Gasteiger partial charge >= 0.3 is 0 Å². The van der Waals surface area contributed by atoms with Crippen molar-refractivity contribution in [3.05, 3.63) is 23.8 Å². The third-order valence-electron chi connectivity index (χ3n) is 3.95. The average Bonchev–Trinajstić information content (AvgIpc) is 2.34. The fraction of sp³-hybridized carbons (Fsp3) is 0.647. The molecule has 1 saturated carbocycles. The van der Waals surface area contributed by atoms with Crippen LogP contribution in [0.25, 0.3) is 0 Å². The number of ether oxygens (including phenoxy) is 1. The molecule has 1 aliphatic rings. The summed E-state index contributed by atoms with van der Waals surface area (Å²) in [4.78, 5) is 0. The molecule has 0 aliphatic heterocycles. The van der Waals surface area contributed by atoms with Crippen LogP contribution >= 0.6 is 0 Å². The van der Waals surface area contributed by atoms with Crippen molar-refractivity contribution >= 4 is 5.69 Å². The zero-order valence-electron chi connectivity index (χ0n) is 12.7. The first-order valence-electron chi connectivity index (χ1n) is 7.58. The summed E-state index contributed by atoms with van der Waals surface area (Å²) >= 11 is 0. The topological polar surface area (TPSA) is 21.3 Å². The van der Waals surface area contributed by atoms with Crippen LogP contribution in [0.3, 0.4) is 0 Å². The average molecular weight is 261 g/mol. The summed E-state index contributed by atoms with van der Waals surface area (Å²) in [5, 5.41) is 3.69. The Morgan fingerprint density at radius 2 is 1.84 bits per heavy atom. The molecule has 0 spiro atoms. The summed E-state index contributed by atoms with van der Waals surface area (Å²) in [5.41, 5.74) is 2.53. The molecule has 1 fully saturated rings. The van der Waals surface area contributed by atoms with E-state index in [0.29, 0.717) is 6.04 Å². The minimum atomic E-state index is 0.234. The normalized spacial score (nSPS) is 23.4. The molecular formula is C17H27NO. The molecule has 0 atom stereocenters. The second-order valence-electron chi connectivity index (χ2n) is 6.24. The maximum atomic E-state index is 5.73. The van der Waals surface area contributed by atoms with Crippen molar-refractivity contribution < 1.29 is 4.74 Å². The number of hydrogen-bond donors (Lipinski definition) is 1. The van der Waals surface area contributed by atoms with Crippen LogP contribution in [0.1, 0.15) is 52.0 Å². The SMILES string of the molecule is Cc1cc(OC(C)C)ccc1NC1CCC(C)CC1. The van der Waals surface area contributed by atoms with Gasteiger partial charge in [0, 0.05) is 11.7 Å². The van der Waals surface area contributed by atoms with E-state index in [1.165, 1.54) is 36.9 Å². The van der Waals surface area contributed by atoms with Gasteiger partial charge in [0.25, 0.3) is 0 Å². The fourth-order valence-corrected chi connectivity index (χ4v) is 2.77. The van der Waals surface area contributed by atoms with Gasteiger partial charge < -0.3 is 10.1 Å². The second-order valence-corrected chi connectivity index (χ2v) is 6.24. The Labute approximate surface area is 117 Å². The number of nitrogens with one attached hydrogen (secondary N) is 1. The third-order valence-corrected chi connectivity index (χ3v) is 3.95. The van der Waals surface area contributed by atoms with Crippen LogP contribution in [0.2, 0.25) is 0 Å². The molecule has 1 aliphatic carbocycles. The lowest BCUT2D eigenvalue weighted by Crippen LogP contribution is -2.25.